The summed E-state index contributed by atoms with van der Waals surface area (Å²) in [4.78, 5) is 0. The van der Waals surface area contributed by atoms with Gasteiger partial charge in [-0.25, -0.2) is 0 Å². The minimum atomic E-state index is 0.848. The van der Waals surface area contributed by atoms with E-state index >= 15 is 0 Å². The molecule has 0 saturated carbocycles. The van der Waals surface area contributed by atoms with Gasteiger partial charge in [0.1, 0.15) is 0 Å². The maximum absolute atomic E-state index is 9.75. The summed E-state index contributed by atoms with van der Waals surface area (Å²) in [7, 11) is 0. The summed E-state index contributed by atoms with van der Waals surface area (Å²) >= 11 is 0. The monoisotopic (exact) mass is 134 g/mol. The molecule has 51 valence electrons. The van der Waals surface area contributed by atoms with E-state index in [9.17, 15) is 5.21 Å². The average molecular weight is 134 g/mol. The second-order valence-corrected chi connectivity index (χ2v) is 2.15. The first kappa shape index (κ1) is 6.81. The molecule has 0 amide bonds. The van der Waals surface area contributed by atoms with Crippen LogP contribution in [-0.2, 0) is 5.21 Å². The van der Waals surface area contributed by atoms with Crippen molar-refractivity contribution >= 4 is 6.21 Å². The van der Waals surface area contributed by atoms with Gasteiger partial charge in [-0.1, -0.05) is 29.8 Å². The van der Waals surface area contributed by atoms with E-state index in [0.29, 0.717) is 0 Å². The topological polar surface area (TPSA) is 32.3 Å². The number of nitrogens with zero attached hydrogens (tertiary/aromatic N) is 1. The van der Waals surface area contributed by atoms with Gasteiger partial charge in [0, 0.05) is 0 Å². The largest absolute Gasteiger partial charge is 0.145 e. The first-order valence-corrected chi connectivity index (χ1v) is 3.05. The highest BCUT2D eigenvalue weighted by Crippen LogP contribution is 1.99. The molecule has 0 aliphatic carbocycles. The highest BCUT2D eigenvalue weighted by atomic mass is 16.4. The highest BCUT2D eigenvalue weighted by Gasteiger charge is 1.85. The van der Waals surface area contributed by atoms with Crippen molar-refractivity contribution in [3.63, 3.8) is 0 Å². The van der Waals surface area contributed by atoms with Crippen molar-refractivity contribution in [1.82, 2.24) is 0 Å². The van der Waals surface area contributed by atoms with Crippen LogP contribution in [0.15, 0.2) is 29.4 Å². The Morgan fingerprint density at radius 3 is 2.40 bits per heavy atom. The van der Waals surface area contributed by atoms with Crippen molar-refractivity contribution in [3.05, 3.63) is 35.4 Å². The molecule has 1 aromatic carbocycles. The molecule has 0 spiro atoms. The van der Waals surface area contributed by atoms with Crippen molar-refractivity contribution in [1.29, 1.82) is 0 Å². The predicted molar refractivity (Wildman–Crippen MR) is 39.5 cm³/mol. The van der Waals surface area contributed by atoms with Crippen molar-refractivity contribution in [3.8, 4) is 0 Å². The summed E-state index contributed by atoms with van der Waals surface area (Å²) in [6, 6.07) is 7.60. The van der Waals surface area contributed by atoms with Crippen LogP contribution in [0.5, 0.6) is 0 Å². The van der Waals surface area contributed by atoms with Crippen molar-refractivity contribution in [2.24, 2.45) is 5.16 Å². The van der Waals surface area contributed by atoms with E-state index in [1.807, 2.05) is 31.2 Å². The molecule has 0 atom stereocenters. The molecule has 10 heavy (non-hydrogen) atoms. The van der Waals surface area contributed by atoms with Gasteiger partial charge in [-0.15, -0.1) is 5.21 Å². The lowest BCUT2D eigenvalue weighted by molar-refractivity contribution is 0.211. The zero-order valence-electron chi connectivity index (χ0n) is 5.74. The summed E-state index contributed by atoms with van der Waals surface area (Å²) in [5.41, 5.74) is 2.03. The lowest BCUT2D eigenvalue weighted by atomic mass is 10.2. The summed E-state index contributed by atoms with van der Waals surface area (Å²) in [6.07, 6.45) is 1.29. The summed E-state index contributed by atoms with van der Waals surface area (Å²) in [5.74, 6) is 0. The summed E-state index contributed by atoms with van der Waals surface area (Å²) in [5, 5.41) is 12.4. The van der Waals surface area contributed by atoms with Crippen LogP contribution >= 0.6 is 0 Å². The molecule has 1 rings (SSSR count). The third-order valence-corrected chi connectivity index (χ3v) is 1.28. The summed E-state index contributed by atoms with van der Waals surface area (Å²) in [6.45, 7) is 2.00. The van der Waals surface area contributed by atoms with E-state index in [1.54, 1.807) is 0 Å². The quantitative estimate of drug-likeness (QED) is 0.414. The smallest absolute Gasteiger partial charge is 0.0787 e. The van der Waals surface area contributed by atoms with Gasteiger partial charge in [-0.2, -0.15) is 0 Å². The van der Waals surface area contributed by atoms with Crippen LogP contribution in [0, 0.1) is 6.92 Å². The molecule has 0 unspecified atom stereocenters. The molecule has 0 aliphatic rings. The number of rotatable bonds is 1. The second-order valence-electron chi connectivity index (χ2n) is 2.15. The van der Waals surface area contributed by atoms with Gasteiger partial charge in [0.2, 0.25) is 0 Å². The van der Waals surface area contributed by atoms with E-state index in [0.717, 1.165) is 5.56 Å². The first-order chi connectivity index (χ1) is 4.83. The van der Waals surface area contributed by atoms with Crippen LogP contribution < -0.4 is 0 Å². The average Bonchev–Trinajstić information content (AvgIpc) is 1.95. The number of hydrogen-bond donors (Lipinski definition) is 0. The van der Waals surface area contributed by atoms with E-state index in [2.05, 4.69) is 5.16 Å². The zero-order chi connectivity index (χ0) is 7.40. The Morgan fingerprint density at radius 1 is 1.30 bits per heavy atom. The van der Waals surface area contributed by atoms with Gasteiger partial charge in [-0.05, 0) is 17.6 Å². The fraction of sp³-hybridized carbons (Fsp3) is 0.125. The molecule has 1 aromatic rings. The highest BCUT2D eigenvalue weighted by molar-refractivity contribution is 5.78. The Hall–Kier alpha value is -1.31. The van der Waals surface area contributed by atoms with Gasteiger partial charge >= 0.3 is 0 Å². The Labute approximate surface area is 59.8 Å². The molecule has 0 heterocycles. The Bertz CT molecular complexity index is 226. The number of hydrogen-bond acceptors (Lipinski definition) is 1. The Kier molecular flexibility index (Phi) is 2.05. The van der Waals surface area contributed by atoms with E-state index in [1.165, 1.54) is 11.8 Å². The SMILES string of the molecule is Cc1ccc(/C=N/[O])cc1. The normalized spacial score (nSPS) is 10.5. The molecule has 0 bridgehead atoms. The Morgan fingerprint density at radius 2 is 1.90 bits per heavy atom. The van der Waals surface area contributed by atoms with Crippen LogP contribution in [-0.4, -0.2) is 6.21 Å². The van der Waals surface area contributed by atoms with Crippen LogP contribution in [0.4, 0.5) is 0 Å². The lowest BCUT2D eigenvalue weighted by Gasteiger charge is -1.90. The van der Waals surface area contributed by atoms with Gasteiger partial charge < -0.3 is 0 Å². The maximum Gasteiger partial charge on any atom is 0.0787 e. The fourth-order valence-corrected chi connectivity index (χ4v) is 0.713. The molecule has 2 nitrogen and oxygen atoms in total. The van der Waals surface area contributed by atoms with Crippen molar-refractivity contribution < 1.29 is 5.21 Å². The second kappa shape index (κ2) is 3.01. The molecular formula is C8H8NO. The third kappa shape index (κ3) is 1.58. The molecule has 1 radical (unpaired) electrons. The maximum atomic E-state index is 9.75. The molecular weight excluding hydrogens is 126 g/mol. The van der Waals surface area contributed by atoms with Gasteiger partial charge in [0.25, 0.3) is 0 Å². The minimum absolute atomic E-state index is 0.848. The zero-order valence-corrected chi connectivity index (χ0v) is 5.74. The molecule has 0 fully saturated rings. The van der Waals surface area contributed by atoms with E-state index in [4.69, 9.17) is 0 Å². The number of benzene rings is 1. The molecule has 2 heteroatoms. The molecule has 0 aromatic heterocycles. The standard InChI is InChI=1S/C8H8NO/c1-7-2-4-8(5-3-7)6-9-10/h2-6H,1H3/b9-6+. The van der Waals surface area contributed by atoms with Crippen molar-refractivity contribution in [2.75, 3.05) is 0 Å². The van der Waals surface area contributed by atoms with Crippen molar-refractivity contribution in [2.45, 2.75) is 6.92 Å². The third-order valence-electron chi connectivity index (χ3n) is 1.28. The number of aryl methyl sites for hydroxylation is 1. The molecule has 0 aliphatic heterocycles. The van der Waals surface area contributed by atoms with E-state index in [-0.39, 0.29) is 0 Å². The predicted octanol–water partition coefficient (Wildman–Crippen LogP) is 1.76. The first-order valence-electron chi connectivity index (χ1n) is 3.05. The fourth-order valence-electron chi connectivity index (χ4n) is 0.713. The molecule has 0 saturated heterocycles. The van der Waals surface area contributed by atoms with Gasteiger partial charge in [-0.3, -0.25) is 0 Å². The lowest BCUT2D eigenvalue weighted by Crippen LogP contribution is -1.79. The van der Waals surface area contributed by atoms with Gasteiger partial charge in [0.05, 0.1) is 6.21 Å². The van der Waals surface area contributed by atoms with Gasteiger partial charge in [0.15, 0.2) is 0 Å². The van der Waals surface area contributed by atoms with Crippen LogP contribution in [0.2, 0.25) is 0 Å². The van der Waals surface area contributed by atoms with Crippen LogP contribution in [0.3, 0.4) is 0 Å². The minimum Gasteiger partial charge on any atom is -0.145 e. The van der Waals surface area contributed by atoms with E-state index < -0.39 is 0 Å². The van der Waals surface area contributed by atoms with Crippen LogP contribution in [0.1, 0.15) is 11.1 Å². The summed E-state index contributed by atoms with van der Waals surface area (Å²) < 4.78 is 0. The Balaban J connectivity index is 2.89. The van der Waals surface area contributed by atoms with Crippen LogP contribution in [0.25, 0.3) is 0 Å². The molecule has 0 N–H and O–H groups in total.